The highest BCUT2D eigenvalue weighted by Gasteiger charge is 1.98. The quantitative estimate of drug-likeness (QED) is 0.279. The number of benzene rings is 1. The number of rotatable bonds is 9. The standard InChI is InChI=1S/C16H27N3O2.HI/c1-4-17-16(18-10-11-21-5-2)19-12-14-6-8-15(9-7-14)13-20-3;/h6-9H,4-5,10-13H2,1-3H3,(H2,17,18,19);1H. The van der Waals surface area contributed by atoms with Gasteiger partial charge in [0.05, 0.1) is 19.8 Å². The van der Waals surface area contributed by atoms with E-state index in [0.717, 1.165) is 25.7 Å². The molecule has 0 amide bonds. The van der Waals surface area contributed by atoms with Crippen molar-refractivity contribution in [2.75, 3.05) is 33.4 Å². The van der Waals surface area contributed by atoms with Crippen LogP contribution in [0, 0.1) is 0 Å². The molecule has 0 heterocycles. The van der Waals surface area contributed by atoms with Crippen molar-refractivity contribution >= 4 is 29.9 Å². The first-order chi connectivity index (χ1) is 10.3. The van der Waals surface area contributed by atoms with Gasteiger partial charge in [0, 0.05) is 26.8 Å². The molecule has 0 atom stereocenters. The van der Waals surface area contributed by atoms with Crippen LogP contribution in [0.4, 0.5) is 0 Å². The number of nitrogens with zero attached hydrogens (tertiary/aromatic N) is 1. The lowest BCUT2D eigenvalue weighted by Crippen LogP contribution is -2.39. The molecule has 22 heavy (non-hydrogen) atoms. The number of hydrogen-bond acceptors (Lipinski definition) is 3. The minimum absolute atomic E-state index is 0. The molecular weight excluding hydrogens is 393 g/mol. The SMILES string of the molecule is CCNC(=NCc1ccc(COC)cc1)NCCOCC.I. The van der Waals surface area contributed by atoms with E-state index in [2.05, 4.69) is 46.8 Å². The van der Waals surface area contributed by atoms with Crippen LogP contribution in [0.25, 0.3) is 0 Å². The summed E-state index contributed by atoms with van der Waals surface area (Å²) < 4.78 is 10.4. The van der Waals surface area contributed by atoms with E-state index in [4.69, 9.17) is 9.47 Å². The molecule has 126 valence electrons. The van der Waals surface area contributed by atoms with E-state index in [1.807, 2.05) is 6.92 Å². The topological polar surface area (TPSA) is 54.9 Å². The van der Waals surface area contributed by atoms with Crippen LogP contribution in [0.1, 0.15) is 25.0 Å². The lowest BCUT2D eigenvalue weighted by molar-refractivity contribution is 0.152. The average molecular weight is 421 g/mol. The van der Waals surface area contributed by atoms with Gasteiger partial charge in [-0.15, -0.1) is 24.0 Å². The summed E-state index contributed by atoms with van der Waals surface area (Å²) in [4.78, 5) is 4.56. The van der Waals surface area contributed by atoms with E-state index in [1.165, 1.54) is 11.1 Å². The Kier molecular flexibility index (Phi) is 13.2. The maximum absolute atomic E-state index is 5.30. The molecule has 0 unspecified atom stereocenters. The molecule has 2 N–H and O–H groups in total. The Morgan fingerprint density at radius 2 is 1.77 bits per heavy atom. The summed E-state index contributed by atoms with van der Waals surface area (Å²) in [6.07, 6.45) is 0. The van der Waals surface area contributed by atoms with E-state index < -0.39 is 0 Å². The highest BCUT2D eigenvalue weighted by Crippen LogP contribution is 2.06. The van der Waals surface area contributed by atoms with Gasteiger partial charge in [0.25, 0.3) is 0 Å². The summed E-state index contributed by atoms with van der Waals surface area (Å²) in [7, 11) is 1.70. The lowest BCUT2D eigenvalue weighted by atomic mass is 10.1. The van der Waals surface area contributed by atoms with Crippen LogP contribution in [0.2, 0.25) is 0 Å². The van der Waals surface area contributed by atoms with Crippen molar-refractivity contribution in [3.63, 3.8) is 0 Å². The Morgan fingerprint density at radius 3 is 2.36 bits per heavy atom. The fourth-order valence-corrected chi connectivity index (χ4v) is 1.81. The number of nitrogens with one attached hydrogen (secondary N) is 2. The maximum Gasteiger partial charge on any atom is 0.191 e. The zero-order valence-corrected chi connectivity index (χ0v) is 16.1. The van der Waals surface area contributed by atoms with Crippen LogP contribution in [-0.4, -0.2) is 39.4 Å². The molecule has 1 rings (SSSR count). The van der Waals surface area contributed by atoms with Crippen LogP contribution in [-0.2, 0) is 22.6 Å². The van der Waals surface area contributed by atoms with Gasteiger partial charge >= 0.3 is 0 Å². The predicted octanol–water partition coefficient (Wildman–Crippen LogP) is 2.54. The zero-order valence-electron chi connectivity index (χ0n) is 13.7. The van der Waals surface area contributed by atoms with Crippen LogP contribution in [0.3, 0.4) is 0 Å². The van der Waals surface area contributed by atoms with Gasteiger partial charge in [0.2, 0.25) is 0 Å². The number of guanidine groups is 1. The Balaban J connectivity index is 0.00000441. The first-order valence-electron chi connectivity index (χ1n) is 7.46. The van der Waals surface area contributed by atoms with Crippen molar-refractivity contribution in [2.24, 2.45) is 4.99 Å². The molecule has 1 aromatic carbocycles. The van der Waals surface area contributed by atoms with Crippen molar-refractivity contribution in [1.82, 2.24) is 10.6 Å². The van der Waals surface area contributed by atoms with Crippen LogP contribution in [0.5, 0.6) is 0 Å². The second-order valence-electron chi connectivity index (χ2n) is 4.57. The minimum Gasteiger partial charge on any atom is -0.380 e. The predicted molar refractivity (Wildman–Crippen MR) is 102 cm³/mol. The summed E-state index contributed by atoms with van der Waals surface area (Å²) in [5, 5.41) is 6.48. The van der Waals surface area contributed by atoms with Gasteiger partial charge < -0.3 is 20.1 Å². The lowest BCUT2D eigenvalue weighted by Gasteiger charge is -2.11. The molecule has 5 nitrogen and oxygen atoms in total. The van der Waals surface area contributed by atoms with E-state index in [0.29, 0.717) is 19.8 Å². The molecule has 0 aromatic heterocycles. The molecule has 0 radical (unpaired) electrons. The van der Waals surface area contributed by atoms with Crippen molar-refractivity contribution in [2.45, 2.75) is 27.0 Å². The van der Waals surface area contributed by atoms with Crippen molar-refractivity contribution in [1.29, 1.82) is 0 Å². The number of aliphatic imine (C=N–C) groups is 1. The molecule has 6 heteroatoms. The minimum atomic E-state index is 0. The van der Waals surface area contributed by atoms with E-state index in [9.17, 15) is 0 Å². The number of ether oxygens (including phenoxy) is 2. The largest absolute Gasteiger partial charge is 0.380 e. The first-order valence-corrected chi connectivity index (χ1v) is 7.46. The maximum atomic E-state index is 5.30. The summed E-state index contributed by atoms with van der Waals surface area (Å²) in [6.45, 7) is 8.36. The van der Waals surface area contributed by atoms with Gasteiger partial charge in [0.15, 0.2) is 5.96 Å². The van der Waals surface area contributed by atoms with Gasteiger partial charge in [-0.05, 0) is 25.0 Å². The van der Waals surface area contributed by atoms with Gasteiger partial charge in [0.1, 0.15) is 0 Å². The van der Waals surface area contributed by atoms with Crippen LogP contribution >= 0.6 is 24.0 Å². The fraction of sp³-hybridized carbons (Fsp3) is 0.562. The Morgan fingerprint density at radius 1 is 1.09 bits per heavy atom. The molecular formula is C16H28IN3O2. The first kappa shape index (κ1) is 21.1. The van der Waals surface area contributed by atoms with Gasteiger partial charge in [-0.3, -0.25) is 0 Å². The van der Waals surface area contributed by atoms with Crippen LogP contribution < -0.4 is 10.6 Å². The van der Waals surface area contributed by atoms with Gasteiger partial charge in [-0.2, -0.15) is 0 Å². The highest BCUT2D eigenvalue weighted by molar-refractivity contribution is 14.0. The Bertz CT molecular complexity index is 410. The average Bonchev–Trinajstić information content (AvgIpc) is 2.51. The van der Waals surface area contributed by atoms with E-state index in [1.54, 1.807) is 7.11 Å². The van der Waals surface area contributed by atoms with Crippen molar-refractivity contribution in [3.05, 3.63) is 35.4 Å². The molecule has 0 aliphatic heterocycles. The van der Waals surface area contributed by atoms with Gasteiger partial charge in [-0.25, -0.2) is 4.99 Å². The molecule has 0 saturated carbocycles. The Labute approximate surface area is 150 Å². The third kappa shape index (κ3) is 9.22. The smallest absolute Gasteiger partial charge is 0.191 e. The third-order valence-electron chi connectivity index (χ3n) is 2.84. The fourth-order valence-electron chi connectivity index (χ4n) is 1.81. The summed E-state index contributed by atoms with van der Waals surface area (Å²) in [6, 6.07) is 8.32. The van der Waals surface area contributed by atoms with Crippen molar-refractivity contribution < 1.29 is 9.47 Å². The van der Waals surface area contributed by atoms with Crippen LogP contribution in [0.15, 0.2) is 29.3 Å². The van der Waals surface area contributed by atoms with E-state index >= 15 is 0 Å². The highest BCUT2D eigenvalue weighted by atomic mass is 127. The zero-order chi connectivity index (χ0) is 15.3. The monoisotopic (exact) mass is 421 g/mol. The molecule has 0 aliphatic carbocycles. The molecule has 0 fully saturated rings. The van der Waals surface area contributed by atoms with E-state index in [-0.39, 0.29) is 24.0 Å². The second-order valence-corrected chi connectivity index (χ2v) is 4.57. The summed E-state index contributed by atoms with van der Waals surface area (Å²) in [5.41, 5.74) is 2.35. The molecule has 0 aliphatic rings. The molecule has 0 bridgehead atoms. The Hall–Kier alpha value is -0.860. The van der Waals surface area contributed by atoms with Gasteiger partial charge in [-0.1, -0.05) is 24.3 Å². The second kappa shape index (κ2) is 13.8. The third-order valence-corrected chi connectivity index (χ3v) is 2.84. The normalized spacial score (nSPS) is 11.0. The van der Waals surface area contributed by atoms with Crippen molar-refractivity contribution in [3.8, 4) is 0 Å². The summed E-state index contributed by atoms with van der Waals surface area (Å²) >= 11 is 0. The number of hydrogen-bond donors (Lipinski definition) is 2. The molecule has 0 saturated heterocycles. The molecule has 0 spiro atoms. The number of methoxy groups -OCH3 is 1. The molecule has 1 aromatic rings. The summed E-state index contributed by atoms with van der Waals surface area (Å²) in [5.74, 6) is 0.818. The number of halogens is 1.